The largest absolute Gasteiger partial charge is 0.508 e. The van der Waals surface area contributed by atoms with E-state index in [4.69, 9.17) is 14.2 Å². The van der Waals surface area contributed by atoms with Crippen molar-refractivity contribution in [3.05, 3.63) is 47.6 Å². The molecule has 1 aromatic rings. The van der Waals surface area contributed by atoms with Gasteiger partial charge in [0.25, 0.3) is 0 Å². The highest BCUT2D eigenvalue weighted by molar-refractivity contribution is 5.87. The van der Waals surface area contributed by atoms with E-state index < -0.39 is 60.3 Å². The SMILES string of the molecule is C[C@@]1(C(=O)O[C@@H]2O[C@H](CO)[C@@H](O)[C@H](O)[C@H]2OC(=O)/C=C/c2ccc(O)cc2)CCC[C@]2(C)C1=CC[C@@]13C[C@@H](CC[C@H]12)[C@@](O)(CO)C3. The number of phenols is 1. The Balaban J connectivity index is 1.24. The summed E-state index contributed by atoms with van der Waals surface area (Å²) < 4.78 is 17.1. The van der Waals surface area contributed by atoms with E-state index in [1.54, 1.807) is 12.1 Å². The zero-order valence-electron chi connectivity index (χ0n) is 26.4. The number of phenolic OH excluding ortho intramolecular Hbond substituents is 1. The number of hydrogen-bond donors (Lipinski definition) is 6. The number of rotatable bonds is 7. The summed E-state index contributed by atoms with van der Waals surface area (Å²) in [6, 6.07) is 6.08. The molecule has 252 valence electrons. The number of benzene rings is 1. The normalized spacial score (nSPS) is 43.4. The van der Waals surface area contributed by atoms with Gasteiger partial charge in [0.15, 0.2) is 6.10 Å². The number of carbonyl (C=O) groups excluding carboxylic acids is 2. The smallest absolute Gasteiger partial charge is 0.331 e. The van der Waals surface area contributed by atoms with Crippen LogP contribution in [0.25, 0.3) is 6.08 Å². The molecule has 1 saturated heterocycles. The van der Waals surface area contributed by atoms with Crippen molar-refractivity contribution in [2.24, 2.45) is 28.1 Å². The van der Waals surface area contributed by atoms with Gasteiger partial charge in [0.2, 0.25) is 6.29 Å². The summed E-state index contributed by atoms with van der Waals surface area (Å²) in [5, 5.41) is 62.1. The molecule has 1 aromatic carbocycles. The van der Waals surface area contributed by atoms with E-state index in [0.717, 1.165) is 43.8 Å². The van der Waals surface area contributed by atoms with Crippen molar-refractivity contribution < 1.29 is 54.4 Å². The molecule has 5 aliphatic rings. The van der Waals surface area contributed by atoms with Gasteiger partial charge in [0, 0.05) is 6.08 Å². The van der Waals surface area contributed by atoms with Crippen molar-refractivity contribution in [3.63, 3.8) is 0 Å². The van der Waals surface area contributed by atoms with E-state index in [9.17, 15) is 40.2 Å². The van der Waals surface area contributed by atoms with Crippen LogP contribution in [0.15, 0.2) is 42.0 Å². The van der Waals surface area contributed by atoms with Crippen LogP contribution in [0.2, 0.25) is 0 Å². The number of carbonyl (C=O) groups is 2. The average Bonchev–Trinajstić information content (AvgIpc) is 3.24. The van der Waals surface area contributed by atoms with Crippen molar-refractivity contribution in [3.8, 4) is 5.75 Å². The molecule has 0 aromatic heterocycles. The molecule has 4 aliphatic carbocycles. The summed E-state index contributed by atoms with van der Waals surface area (Å²) in [6.45, 7) is 3.13. The van der Waals surface area contributed by atoms with E-state index in [1.807, 2.05) is 6.92 Å². The second-order valence-corrected chi connectivity index (χ2v) is 14.7. The lowest BCUT2D eigenvalue weighted by Gasteiger charge is -2.59. The van der Waals surface area contributed by atoms with Gasteiger partial charge in [0.1, 0.15) is 24.1 Å². The Labute approximate surface area is 268 Å². The van der Waals surface area contributed by atoms with Crippen LogP contribution in [0.3, 0.4) is 0 Å². The minimum Gasteiger partial charge on any atom is -0.508 e. The van der Waals surface area contributed by atoms with Gasteiger partial charge in [-0.15, -0.1) is 0 Å². The standard InChI is InChI=1S/C35H46O11/c1-32-13-3-14-33(2,24(32)12-15-34-16-21(7-10-25(32)34)35(43,18-34)19-37)31(42)46-30-29(28(41)27(40)23(17-36)44-30)45-26(39)11-6-20-4-8-22(38)9-5-20/h4-6,8-9,11-12,21,23,25,27-30,36-38,40-41,43H,3,7,10,13-19H2,1-2H3/b11-6+/t21-,23-,25+,27-,28+,29-,30+,32-,33-,34+,35+/m1/s1. The predicted octanol–water partition coefficient (Wildman–Crippen LogP) is 2.36. The second-order valence-electron chi connectivity index (χ2n) is 14.7. The van der Waals surface area contributed by atoms with E-state index in [0.29, 0.717) is 24.8 Å². The molecule has 6 rings (SSSR count). The lowest BCUT2D eigenvalue weighted by atomic mass is 9.45. The first-order valence-electron chi connectivity index (χ1n) is 16.3. The second kappa shape index (κ2) is 12.0. The fraction of sp³-hybridized carbons (Fsp3) is 0.657. The minimum atomic E-state index is -1.71. The van der Waals surface area contributed by atoms with Crippen LogP contribution in [0.4, 0.5) is 0 Å². The van der Waals surface area contributed by atoms with Crippen LogP contribution in [0, 0.1) is 28.1 Å². The van der Waals surface area contributed by atoms with Gasteiger partial charge in [-0.2, -0.15) is 0 Å². The summed E-state index contributed by atoms with van der Waals surface area (Å²) in [6.07, 6.45) is 2.86. The Hall–Kier alpha value is -2.80. The first-order chi connectivity index (χ1) is 21.8. The molecule has 1 aliphatic heterocycles. The van der Waals surface area contributed by atoms with Crippen molar-refractivity contribution in [2.45, 2.75) is 102 Å². The number of allylic oxidation sites excluding steroid dienone is 1. The molecule has 0 radical (unpaired) electrons. The molecule has 11 atom stereocenters. The highest BCUT2D eigenvalue weighted by Gasteiger charge is 2.66. The maximum Gasteiger partial charge on any atom is 0.331 e. The van der Waals surface area contributed by atoms with Crippen molar-refractivity contribution in [1.29, 1.82) is 0 Å². The number of aliphatic hydroxyl groups excluding tert-OH is 4. The zero-order valence-corrected chi connectivity index (χ0v) is 26.4. The summed E-state index contributed by atoms with van der Waals surface area (Å²) in [5.41, 5.74) is -1.03. The lowest BCUT2D eigenvalue weighted by molar-refractivity contribution is -0.297. The molecule has 11 nitrogen and oxygen atoms in total. The molecule has 0 unspecified atom stereocenters. The van der Waals surface area contributed by atoms with Gasteiger partial charge in [-0.25, -0.2) is 4.79 Å². The van der Waals surface area contributed by atoms with Crippen LogP contribution < -0.4 is 0 Å². The van der Waals surface area contributed by atoms with Crippen LogP contribution in [0.5, 0.6) is 5.75 Å². The van der Waals surface area contributed by atoms with Crippen molar-refractivity contribution >= 4 is 18.0 Å². The zero-order chi connectivity index (χ0) is 33.1. The van der Waals surface area contributed by atoms with E-state index in [-0.39, 0.29) is 35.0 Å². The van der Waals surface area contributed by atoms with E-state index in [1.165, 1.54) is 18.2 Å². The van der Waals surface area contributed by atoms with Crippen LogP contribution in [-0.2, 0) is 23.8 Å². The molecule has 46 heavy (non-hydrogen) atoms. The molecule has 3 saturated carbocycles. The van der Waals surface area contributed by atoms with Crippen molar-refractivity contribution in [1.82, 2.24) is 0 Å². The number of aromatic hydroxyl groups is 1. The topological polar surface area (TPSA) is 183 Å². The fourth-order valence-electron chi connectivity index (χ4n) is 9.78. The molecule has 11 heteroatoms. The monoisotopic (exact) mass is 642 g/mol. The summed E-state index contributed by atoms with van der Waals surface area (Å²) in [5.74, 6) is -1.15. The van der Waals surface area contributed by atoms with Gasteiger partial charge in [0.05, 0.1) is 24.2 Å². The number of ether oxygens (including phenoxy) is 3. The van der Waals surface area contributed by atoms with E-state index >= 15 is 0 Å². The molecule has 0 amide bonds. The molecule has 4 fully saturated rings. The van der Waals surface area contributed by atoms with Gasteiger partial charge >= 0.3 is 11.9 Å². The van der Waals surface area contributed by atoms with Crippen LogP contribution in [0.1, 0.15) is 70.8 Å². The Bertz CT molecular complexity index is 1390. The van der Waals surface area contributed by atoms with Gasteiger partial charge in [-0.1, -0.05) is 37.1 Å². The fourth-order valence-corrected chi connectivity index (χ4v) is 9.78. The minimum absolute atomic E-state index is 0.0625. The number of esters is 2. The quantitative estimate of drug-likeness (QED) is 0.146. The summed E-state index contributed by atoms with van der Waals surface area (Å²) in [4.78, 5) is 27.0. The first kappa shape index (κ1) is 33.1. The molecule has 1 spiro atoms. The van der Waals surface area contributed by atoms with Crippen molar-refractivity contribution in [2.75, 3.05) is 13.2 Å². The summed E-state index contributed by atoms with van der Waals surface area (Å²) >= 11 is 0. The molecular weight excluding hydrogens is 596 g/mol. The lowest BCUT2D eigenvalue weighted by Crippen LogP contribution is -2.61. The molecule has 1 heterocycles. The number of aliphatic hydroxyl groups is 5. The average molecular weight is 643 g/mol. The maximum atomic E-state index is 14.2. The van der Waals surface area contributed by atoms with E-state index in [2.05, 4.69) is 13.0 Å². The first-order valence-corrected chi connectivity index (χ1v) is 16.3. The Kier molecular flexibility index (Phi) is 8.65. The van der Waals surface area contributed by atoms with Crippen LogP contribution >= 0.6 is 0 Å². The summed E-state index contributed by atoms with van der Waals surface area (Å²) in [7, 11) is 0. The van der Waals surface area contributed by atoms with Crippen LogP contribution in [-0.4, -0.2) is 92.1 Å². The molecular formula is C35H46O11. The Morgan fingerprint density at radius 2 is 1.78 bits per heavy atom. The highest BCUT2D eigenvalue weighted by atomic mass is 16.7. The molecule has 6 N–H and O–H groups in total. The third-order valence-electron chi connectivity index (χ3n) is 12.0. The predicted molar refractivity (Wildman–Crippen MR) is 164 cm³/mol. The maximum absolute atomic E-state index is 14.2. The molecule has 2 bridgehead atoms. The third kappa shape index (κ3) is 5.38. The Morgan fingerprint density at radius 1 is 1.04 bits per heavy atom. The number of hydrogen-bond acceptors (Lipinski definition) is 11. The third-order valence-corrected chi connectivity index (χ3v) is 12.0. The highest BCUT2D eigenvalue weighted by Crippen LogP contribution is 2.71. The number of fused-ring (bicyclic) bond motifs is 3. The van der Waals surface area contributed by atoms with Gasteiger partial charge in [-0.05, 0) is 98.3 Å². The van der Waals surface area contributed by atoms with Gasteiger partial charge in [-0.3, -0.25) is 4.79 Å². The Morgan fingerprint density at radius 3 is 2.48 bits per heavy atom. The van der Waals surface area contributed by atoms with Gasteiger partial charge < -0.3 is 44.8 Å².